The van der Waals surface area contributed by atoms with Gasteiger partial charge in [0.25, 0.3) is 0 Å². The zero-order chi connectivity index (χ0) is 18.4. The molecule has 26 heavy (non-hydrogen) atoms. The molecule has 4 rings (SSSR count). The minimum Gasteiger partial charge on any atom is -0.341 e. The number of imide groups is 1. The number of rotatable bonds is 4. The average molecular weight is 361 g/mol. The van der Waals surface area contributed by atoms with Crippen molar-refractivity contribution in [2.24, 2.45) is 7.05 Å². The Morgan fingerprint density at radius 3 is 2.23 bits per heavy atom. The fraction of sp³-hybridized carbons (Fsp3) is 0.706. The summed E-state index contributed by atoms with van der Waals surface area (Å²) in [6.07, 6.45) is 3.91. The summed E-state index contributed by atoms with van der Waals surface area (Å²) in [5.41, 5.74) is -0.0629. The molecule has 9 nitrogen and oxygen atoms in total. The van der Waals surface area contributed by atoms with Gasteiger partial charge in [0.05, 0.1) is 0 Å². The summed E-state index contributed by atoms with van der Waals surface area (Å²) in [6, 6.07) is 0.276. The fourth-order valence-corrected chi connectivity index (χ4v) is 3.87. The number of carbonyl (C=O) groups excluding carboxylic acids is 3. The van der Waals surface area contributed by atoms with Gasteiger partial charge >= 0.3 is 5.69 Å². The molecule has 3 fully saturated rings. The smallest absolute Gasteiger partial charge is 0.341 e. The van der Waals surface area contributed by atoms with Gasteiger partial charge in [0, 0.05) is 44.9 Å². The van der Waals surface area contributed by atoms with Crippen LogP contribution in [-0.2, 0) is 21.4 Å². The maximum Gasteiger partial charge on any atom is 0.345 e. The first-order valence-corrected chi connectivity index (χ1v) is 9.22. The van der Waals surface area contributed by atoms with Crippen molar-refractivity contribution < 1.29 is 14.4 Å². The lowest BCUT2D eigenvalue weighted by molar-refractivity contribution is -0.145. The van der Waals surface area contributed by atoms with Crippen LogP contribution in [0.4, 0.5) is 0 Å². The molecule has 2 aliphatic heterocycles. The van der Waals surface area contributed by atoms with Crippen LogP contribution in [-0.4, -0.2) is 61.5 Å². The van der Waals surface area contributed by atoms with E-state index in [1.807, 2.05) is 4.57 Å². The number of hydrogen-bond acceptors (Lipinski definition) is 5. The van der Waals surface area contributed by atoms with Gasteiger partial charge in [0.1, 0.15) is 12.4 Å². The quantitative estimate of drug-likeness (QED) is 0.690. The summed E-state index contributed by atoms with van der Waals surface area (Å²) in [5.74, 6) is 0.272. The van der Waals surface area contributed by atoms with Gasteiger partial charge < -0.3 is 4.90 Å². The Kier molecular flexibility index (Phi) is 4.16. The van der Waals surface area contributed by atoms with Crippen LogP contribution in [0.25, 0.3) is 0 Å². The fourth-order valence-electron chi connectivity index (χ4n) is 3.87. The zero-order valence-corrected chi connectivity index (χ0v) is 14.9. The first kappa shape index (κ1) is 17.0. The predicted molar refractivity (Wildman–Crippen MR) is 90.2 cm³/mol. The first-order chi connectivity index (χ1) is 12.5. The molecule has 2 saturated heterocycles. The predicted octanol–water partition coefficient (Wildman–Crippen LogP) is -0.228. The van der Waals surface area contributed by atoms with Crippen molar-refractivity contribution in [3.05, 3.63) is 16.3 Å². The molecule has 140 valence electrons. The maximum atomic E-state index is 12.4. The second-order valence-electron chi connectivity index (χ2n) is 7.39. The molecule has 0 N–H and O–H groups in total. The van der Waals surface area contributed by atoms with Crippen LogP contribution in [0.1, 0.15) is 56.3 Å². The molecule has 0 aromatic carbocycles. The molecular weight excluding hydrogens is 338 g/mol. The van der Waals surface area contributed by atoms with E-state index in [-0.39, 0.29) is 54.8 Å². The molecule has 0 unspecified atom stereocenters. The van der Waals surface area contributed by atoms with Crippen LogP contribution in [0.5, 0.6) is 0 Å². The third-order valence-electron chi connectivity index (χ3n) is 5.56. The van der Waals surface area contributed by atoms with Crippen molar-refractivity contribution in [1.29, 1.82) is 0 Å². The first-order valence-electron chi connectivity index (χ1n) is 9.22. The molecule has 1 saturated carbocycles. The zero-order valence-electron chi connectivity index (χ0n) is 14.9. The normalized spacial score (nSPS) is 21.7. The van der Waals surface area contributed by atoms with E-state index >= 15 is 0 Å². The van der Waals surface area contributed by atoms with Gasteiger partial charge in [0.2, 0.25) is 17.7 Å². The standard InChI is InChI=1S/C17H23N5O4/c1-19-17(26)22(12-2-3-12)16(18-19)11-6-8-20(9-7-11)15(25)10-21-13(23)4-5-14(21)24/h11-12H,2-10H2,1H3. The van der Waals surface area contributed by atoms with Crippen LogP contribution in [0.3, 0.4) is 0 Å². The number of aryl methyl sites for hydroxylation is 1. The molecule has 1 aliphatic carbocycles. The topological polar surface area (TPSA) is 97.5 Å². The monoisotopic (exact) mass is 361 g/mol. The highest BCUT2D eigenvalue weighted by atomic mass is 16.2. The number of hydrogen-bond donors (Lipinski definition) is 0. The summed E-state index contributed by atoms with van der Waals surface area (Å²) in [6.45, 7) is 0.947. The molecule has 0 spiro atoms. The third kappa shape index (κ3) is 2.95. The lowest BCUT2D eigenvalue weighted by Gasteiger charge is -2.32. The molecular formula is C17H23N5O4. The Balaban J connectivity index is 1.39. The average Bonchev–Trinajstić information content (AvgIpc) is 3.37. The number of piperidine rings is 1. The Labute approximate surface area is 150 Å². The Morgan fingerprint density at radius 2 is 1.65 bits per heavy atom. The van der Waals surface area contributed by atoms with Crippen LogP contribution in [0.2, 0.25) is 0 Å². The lowest BCUT2D eigenvalue weighted by Crippen LogP contribution is -2.45. The number of carbonyl (C=O) groups is 3. The summed E-state index contributed by atoms with van der Waals surface area (Å²) in [5, 5.41) is 4.43. The van der Waals surface area contributed by atoms with E-state index in [0.717, 1.165) is 36.4 Å². The van der Waals surface area contributed by atoms with E-state index in [9.17, 15) is 19.2 Å². The Bertz CT molecular complexity index is 798. The second kappa shape index (κ2) is 6.37. The van der Waals surface area contributed by atoms with Gasteiger partial charge in [-0.15, -0.1) is 0 Å². The van der Waals surface area contributed by atoms with Crippen molar-refractivity contribution >= 4 is 17.7 Å². The maximum absolute atomic E-state index is 12.4. The molecule has 1 aromatic rings. The molecule has 3 aliphatic rings. The van der Waals surface area contributed by atoms with Crippen LogP contribution in [0.15, 0.2) is 4.79 Å². The number of nitrogens with zero attached hydrogens (tertiary/aromatic N) is 5. The summed E-state index contributed by atoms with van der Waals surface area (Å²) in [7, 11) is 1.67. The summed E-state index contributed by atoms with van der Waals surface area (Å²) >= 11 is 0. The SMILES string of the molecule is Cn1nc(C2CCN(C(=O)CN3C(=O)CCC3=O)CC2)n(C2CC2)c1=O. The minimum atomic E-state index is -0.264. The second-order valence-corrected chi connectivity index (χ2v) is 7.39. The van der Waals surface area contributed by atoms with Crippen molar-refractivity contribution in [3.63, 3.8) is 0 Å². The molecule has 1 aromatic heterocycles. The van der Waals surface area contributed by atoms with E-state index in [4.69, 9.17) is 0 Å². The third-order valence-corrected chi connectivity index (χ3v) is 5.56. The highest BCUT2D eigenvalue weighted by Crippen LogP contribution is 2.37. The number of aromatic nitrogens is 3. The van der Waals surface area contributed by atoms with Crippen molar-refractivity contribution in [2.45, 2.75) is 50.5 Å². The summed E-state index contributed by atoms with van der Waals surface area (Å²) < 4.78 is 3.22. The van der Waals surface area contributed by atoms with E-state index in [1.54, 1.807) is 11.9 Å². The Morgan fingerprint density at radius 1 is 1.04 bits per heavy atom. The van der Waals surface area contributed by atoms with E-state index < -0.39 is 0 Å². The van der Waals surface area contributed by atoms with E-state index in [0.29, 0.717) is 13.1 Å². The number of likely N-dealkylation sites (tertiary alicyclic amines) is 2. The van der Waals surface area contributed by atoms with Gasteiger partial charge in [0.15, 0.2) is 0 Å². The Hall–Kier alpha value is -2.45. The van der Waals surface area contributed by atoms with E-state index in [2.05, 4.69) is 5.10 Å². The number of amides is 3. The van der Waals surface area contributed by atoms with Crippen LogP contribution in [0, 0.1) is 0 Å². The largest absolute Gasteiger partial charge is 0.345 e. The van der Waals surface area contributed by atoms with Gasteiger partial charge in [-0.05, 0) is 25.7 Å². The molecule has 0 bridgehead atoms. The highest BCUT2D eigenvalue weighted by molar-refractivity contribution is 6.04. The molecule has 0 atom stereocenters. The van der Waals surface area contributed by atoms with E-state index in [1.165, 1.54) is 4.68 Å². The van der Waals surface area contributed by atoms with Gasteiger partial charge in [-0.2, -0.15) is 5.10 Å². The lowest BCUT2D eigenvalue weighted by atomic mass is 9.95. The molecule has 9 heteroatoms. The van der Waals surface area contributed by atoms with Crippen LogP contribution >= 0.6 is 0 Å². The molecule has 3 amide bonds. The molecule has 3 heterocycles. The van der Waals surface area contributed by atoms with Crippen molar-refractivity contribution in [2.75, 3.05) is 19.6 Å². The molecule has 0 radical (unpaired) electrons. The van der Waals surface area contributed by atoms with Crippen molar-refractivity contribution in [3.8, 4) is 0 Å². The minimum absolute atomic E-state index is 0.0629. The van der Waals surface area contributed by atoms with Gasteiger partial charge in [-0.1, -0.05) is 0 Å². The van der Waals surface area contributed by atoms with Gasteiger partial charge in [-0.3, -0.25) is 23.9 Å². The van der Waals surface area contributed by atoms with Crippen LogP contribution < -0.4 is 5.69 Å². The van der Waals surface area contributed by atoms with Crippen molar-refractivity contribution in [1.82, 2.24) is 24.1 Å². The highest BCUT2D eigenvalue weighted by Gasteiger charge is 2.36. The summed E-state index contributed by atoms with van der Waals surface area (Å²) in [4.78, 5) is 50.8. The van der Waals surface area contributed by atoms with Gasteiger partial charge in [-0.25, -0.2) is 9.48 Å².